The van der Waals surface area contributed by atoms with Gasteiger partial charge in [-0.1, -0.05) is 72.1 Å². The topological polar surface area (TPSA) is 58.5 Å². The largest absolute Gasteiger partial charge is 0.276 e. The van der Waals surface area contributed by atoms with Gasteiger partial charge in [0, 0.05) is 5.71 Å². The molecule has 0 spiro atoms. The van der Waals surface area contributed by atoms with Crippen molar-refractivity contribution in [2.24, 2.45) is 57.4 Å². The van der Waals surface area contributed by atoms with Crippen molar-refractivity contribution in [1.29, 1.82) is 0 Å². The zero-order valence-electron chi connectivity index (χ0n) is 24.6. The van der Waals surface area contributed by atoms with Crippen LogP contribution < -0.4 is 4.83 Å². The molecule has 4 aliphatic rings. The summed E-state index contributed by atoms with van der Waals surface area (Å²) in [5, 5.41) is 4.46. The smallest absolute Gasteiger partial charge is 0.200 e. The number of hydrogen-bond donors (Lipinski definition) is 1. The van der Waals surface area contributed by atoms with Gasteiger partial charge in [-0.2, -0.15) is 13.5 Å². The summed E-state index contributed by atoms with van der Waals surface area (Å²) in [6.07, 6.45) is 15.6. The van der Waals surface area contributed by atoms with Gasteiger partial charge in [0.15, 0.2) is 0 Å². The Labute approximate surface area is 232 Å². The Hall–Kier alpha value is -1.36. The molecule has 38 heavy (non-hydrogen) atoms. The van der Waals surface area contributed by atoms with E-state index in [0.29, 0.717) is 16.7 Å². The van der Waals surface area contributed by atoms with Crippen LogP contribution in [0, 0.1) is 52.3 Å². The van der Waals surface area contributed by atoms with Crippen LogP contribution in [0.2, 0.25) is 0 Å². The Morgan fingerprint density at radius 2 is 1.66 bits per heavy atom. The Morgan fingerprint density at radius 1 is 0.921 bits per heavy atom. The highest BCUT2D eigenvalue weighted by molar-refractivity contribution is 7.89. The molecular weight excluding hydrogens is 488 g/mol. The zero-order valence-corrected chi connectivity index (χ0v) is 25.4. The molecule has 0 amide bonds. The maximum Gasteiger partial charge on any atom is 0.276 e. The van der Waals surface area contributed by atoms with E-state index in [0.717, 1.165) is 60.5 Å². The average Bonchev–Trinajstić information content (AvgIpc) is 3.25. The molecule has 1 N–H and O–H groups in total. The van der Waals surface area contributed by atoms with Gasteiger partial charge in [0.1, 0.15) is 0 Å². The maximum absolute atomic E-state index is 12.7. The maximum atomic E-state index is 12.7. The second-order valence-corrected chi connectivity index (χ2v) is 16.1. The van der Waals surface area contributed by atoms with Gasteiger partial charge < -0.3 is 0 Å². The van der Waals surface area contributed by atoms with E-state index in [1.807, 2.05) is 6.07 Å². The third kappa shape index (κ3) is 5.22. The van der Waals surface area contributed by atoms with Gasteiger partial charge in [0.25, 0.3) is 10.0 Å². The first-order valence-corrected chi connectivity index (χ1v) is 17.1. The minimum absolute atomic E-state index is 0.278. The highest BCUT2D eigenvalue weighted by Gasteiger charge is 2.60. The van der Waals surface area contributed by atoms with Gasteiger partial charge in [0.2, 0.25) is 0 Å². The number of rotatable bonds is 8. The monoisotopic (exact) mass is 540 g/mol. The van der Waals surface area contributed by atoms with E-state index in [4.69, 9.17) is 0 Å². The van der Waals surface area contributed by atoms with E-state index in [-0.39, 0.29) is 4.90 Å². The molecule has 8 atom stereocenters. The van der Waals surface area contributed by atoms with Crippen molar-refractivity contribution in [3.63, 3.8) is 0 Å². The molecule has 0 aromatic heterocycles. The second-order valence-electron chi connectivity index (χ2n) is 14.5. The SMILES string of the molecule is CC(C)CCC[C@@H](C)[C@H]1CC[C@H]2[C@@H]3CCC4CC(=NNS(=O)(=O)c5ccccc5)CC[C@]4(C)[C@H]3CC[C@]12C. The van der Waals surface area contributed by atoms with Gasteiger partial charge in [0.05, 0.1) is 4.90 Å². The third-order valence-corrected chi connectivity index (χ3v) is 13.3. The molecule has 0 aliphatic heterocycles. The summed E-state index contributed by atoms with van der Waals surface area (Å²) in [6, 6.07) is 8.58. The summed E-state index contributed by atoms with van der Waals surface area (Å²) in [5.74, 6) is 5.85. The fourth-order valence-electron chi connectivity index (χ4n) is 9.96. The lowest BCUT2D eigenvalue weighted by molar-refractivity contribution is -0.105. The molecule has 4 fully saturated rings. The van der Waals surface area contributed by atoms with Crippen LogP contribution in [0.1, 0.15) is 112 Å². The normalized spacial score (nSPS) is 38.9. The Morgan fingerprint density at radius 3 is 2.39 bits per heavy atom. The van der Waals surface area contributed by atoms with Crippen molar-refractivity contribution in [3.8, 4) is 0 Å². The predicted octanol–water partition coefficient (Wildman–Crippen LogP) is 8.44. The average molecular weight is 541 g/mol. The zero-order chi connectivity index (χ0) is 27.1. The van der Waals surface area contributed by atoms with Crippen molar-refractivity contribution >= 4 is 15.7 Å². The van der Waals surface area contributed by atoms with Gasteiger partial charge in [-0.3, -0.25) is 0 Å². The third-order valence-electron chi connectivity index (χ3n) is 12.1. The van der Waals surface area contributed by atoms with Crippen molar-refractivity contribution in [3.05, 3.63) is 30.3 Å². The molecule has 4 aliphatic carbocycles. The lowest BCUT2D eigenvalue weighted by Crippen LogP contribution is -2.53. The molecule has 0 heterocycles. The van der Waals surface area contributed by atoms with Crippen molar-refractivity contribution in [1.82, 2.24) is 4.83 Å². The number of fused-ring (bicyclic) bond motifs is 5. The molecule has 0 radical (unpaired) electrons. The summed E-state index contributed by atoms with van der Waals surface area (Å²) in [5.41, 5.74) is 1.96. The van der Waals surface area contributed by atoms with Gasteiger partial charge in [-0.15, -0.1) is 0 Å². The Kier molecular flexibility index (Phi) is 8.08. The fraction of sp³-hybridized carbons (Fsp3) is 0.788. The van der Waals surface area contributed by atoms with Gasteiger partial charge in [-0.25, -0.2) is 4.83 Å². The van der Waals surface area contributed by atoms with E-state index >= 15 is 0 Å². The quantitative estimate of drug-likeness (QED) is 0.336. The van der Waals surface area contributed by atoms with Crippen molar-refractivity contribution in [2.75, 3.05) is 0 Å². The molecule has 1 aromatic carbocycles. The van der Waals surface area contributed by atoms with Crippen LogP contribution in [0.5, 0.6) is 0 Å². The van der Waals surface area contributed by atoms with E-state index in [2.05, 4.69) is 44.6 Å². The lowest BCUT2D eigenvalue weighted by Gasteiger charge is -2.61. The number of nitrogens with one attached hydrogen (secondary N) is 1. The first-order valence-electron chi connectivity index (χ1n) is 15.7. The molecule has 5 rings (SSSR count). The molecule has 4 nitrogen and oxygen atoms in total. The number of hydrazone groups is 1. The number of nitrogens with zero attached hydrogens (tertiary/aromatic N) is 1. The molecular formula is C33H52N2O2S. The first-order chi connectivity index (χ1) is 18.0. The molecule has 0 bridgehead atoms. The number of benzene rings is 1. The van der Waals surface area contributed by atoms with Crippen molar-refractivity contribution < 1.29 is 8.42 Å². The molecule has 1 aromatic rings. The molecule has 5 heteroatoms. The van der Waals surface area contributed by atoms with Gasteiger partial charge in [-0.05, 0) is 122 Å². The van der Waals surface area contributed by atoms with E-state index < -0.39 is 10.0 Å². The van der Waals surface area contributed by atoms with Crippen LogP contribution in [-0.4, -0.2) is 14.1 Å². The van der Waals surface area contributed by atoms with E-state index in [1.165, 1.54) is 57.8 Å². The highest BCUT2D eigenvalue weighted by atomic mass is 32.2. The standard InChI is InChI=1S/C33H52N2O2S/c1-23(2)10-9-11-24(3)29-16-17-30-28-15-14-25-22-26(34-35-38(36,37)27-12-7-6-8-13-27)18-20-32(25,4)31(28)19-21-33(29,30)5/h6-8,12-13,23-25,28-31,35H,9-11,14-22H2,1-5H3/t24-,25?,28+,29-,30+,31+,32+,33-/m1/s1. The summed E-state index contributed by atoms with van der Waals surface area (Å²) < 4.78 is 25.4. The van der Waals surface area contributed by atoms with Crippen molar-refractivity contribution in [2.45, 2.75) is 117 Å². The van der Waals surface area contributed by atoms with Crippen LogP contribution in [0.3, 0.4) is 0 Å². The summed E-state index contributed by atoms with van der Waals surface area (Å²) in [7, 11) is -3.60. The number of hydrogen-bond acceptors (Lipinski definition) is 3. The van der Waals surface area contributed by atoms with E-state index in [9.17, 15) is 8.42 Å². The van der Waals surface area contributed by atoms with Crippen LogP contribution in [0.15, 0.2) is 40.3 Å². The molecule has 0 saturated heterocycles. The summed E-state index contributed by atoms with van der Waals surface area (Å²) >= 11 is 0. The van der Waals surface area contributed by atoms with E-state index in [1.54, 1.807) is 24.3 Å². The molecule has 1 unspecified atom stereocenters. The summed E-state index contributed by atoms with van der Waals surface area (Å²) in [4.78, 5) is 2.82. The molecule has 4 saturated carbocycles. The van der Waals surface area contributed by atoms with Crippen LogP contribution >= 0.6 is 0 Å². The first kappa shape index (κ1) is 28.2. The predicted molar refractivity (Wildman–Crippen MR) is 157 cm³/mol. The minimum atomic E-state index is -3.60. The molecule has 212 valence electrons. The number of sulfonamides is 1. The van der Waals surface area contributed by atoms with Gasteiger partial charge >= 0.3 is 0 Å². The fourth-order valence-corrected chi connectivity index (χ4v) is 10.8. The Balaban J connectivity index is 1.24. The van der Waals surface area contributed by atoms with Crippen LogP contribution in [-0.2, 0) is 10.0 Å². The highest BCUT2D eigenvalue weighted by Crippen LogP contribution is 2.68. The second kappa shape index (κ2) is 10.9. The minimum Gasteiger partial charge on any atom is -0.200 e. The Bertz CT molecular complexity index is 1100. The summed E-state index contributed by atoms with van der Waals surface area (Å²) in [6.45, 7) is 12.6. The lowest BCUT2D eigenvalue weighted by atomic mass is 9.44. The van der Waals surface area contributed by atoms with Crippen LogP contribution in [0.4, 0.5) is 0 Å². The van der Waals surface area contributed by atoms with Crippen LogP contribution in [0.25, 0.3) is 0 Å².